The van der Waals surface area contributed by atoms with E-state index in [0.29, 0.717) is 16.9 Å². The van der Waals surface area contributed by atoms with Crippen molar-refractivity contribution in [3.05, 3.63) is 59.7 Å². The molecule has 0 aliphatic heterocycles. The van der Waals surface area contributed by atoms with Crippen molar-refractivity contribution < 1.29 is 4.79 Å². The summed E-state index contributed by atoms with van der Waals surface area (Å²) in [6.45, 7) is 6.44. The van der Waals surface area contributed by atoms with Crippen molar-refractivity contribution in [2.45, 2.75) is 26.2 Å². The quantitative estimate of drug-likeness (QED) is 0.813. The smallest absolute Gasteiger partial charge is 0.255 e. The molecule has 3 nitrogen and oxygen atoms in total. The summed E-state index contributed by atoms with van der Waals surface area (Å²) in [5.41, 5.74) is 8.92. The molecule has 0 aliphatic rings. The number of hydrogen-bond donors (Lipinski definition) is 2. The highest BCUT2D eigenvalue weighted by Crippen LogP contribution is 2.23. The minimum Gasteiger partial charge on any atom is -0.397 e. The Morgan fingerprint density at radius 1 is 1.00 bits per heavy atom. The maximum Gasteiger partial charge on any atom is 0.255 e. The normalized spacial score (nSPS) is 11.2. The number of nitrogens with one attached hydrogen (secondary N) is 1. The number of amides is 1. The molecule has 0 saturated heterocycles. The van der Waals surface area contributed by atoms with Gasteiger partial charge >= 0.3 is 0 Å². The molecule has 0 fully saturated rings. The van der Waals surface area contributed by atoms with Gasteiger partial charge in [0.25, 0.3) is 5.91 Å². The molecule has 2 aromatic rings. The van der Waals surface area contributed by atoms with Crippen LogP contribution in [-0.4, -0.2) is 5.91 Å². The molecule has 3 N–H and O–H groups in total. The number of nitrogen functional groups attached to an aromatic ring is 1. The molecular formula is C17H20N2O. The third-order valence-electron chi connectivity index (χ3n) is 3.22. The highest BCUT2D eigenvalue weighted by atomic mass is 16.1. The van der Waals surface area contributed by atoms with Gasteiger partial charge in [0.15, 0.2) is 0 Å². The van der Waals surface area contributed by atoms with Crippen molar-refractivity contribution in [3.63, 3.8) is 0 Å². The average Bonchev–Trinajstić information content (AvgIpc) is 2.40. The summed E-state index contributed by atoms with van der Waals surface area (Å²) in [5.74, 6) is -0.150. The van der Waals surface area contributed by atoms with Crippen LogP contribution in [0.3, 0.4) is 0 Å². The second-order valence-electron chi connectivity index (χ2n) is 5.87. The molecule has 0 unspecified atom stereocenters. The molecule has 2 aromatic carbocycles. The predicted molar refractivity (Wildman–Crippen MR) is 83.9 cm³/mol. The molecule has 2 rings (SSSR count). The first-order valence-corrected chi connectivity index (χ1v) is 6.64. The third-order valence-corrected chi connectivity index (χ3v) is 3.22. The summed E-state index contributed by atoms with van der Waals surface area (Å²) in [7, 11) is 0. The fourth-order valence-electron chi connectivity index (χ4n) is 1.93. The SMILES string of the molecule is CC(C)(C)c1ccc(C(=O)Nc2ccccc2N)cc1. The maximum atomic E-state index is 12.2. The third kappa shape index (κ3) is 3.18. The topological polar surface area (TPSA) is 55.1 Å². The van der Waals surface area contributed by atoms with Crippen LogP contribution in [0.15, 0.2) is 48.5 Å². The molecule has 0 aromatic heterocycles. The van der Waals surface area contributed by atoms with Crippen LogP contribution in [0.1, 0.15) is 36.7 Å². The molecule has 1 amide bonds. The Bertz CT molecular complexity index is 610. The van der Waals surface area contributed by atoms with Crippen LogP contribution in [0.2, 0.25) is 0 Å². The Balaban J connectivity index is 2.16. The van der Waals surface area contributed by atoms with E-state index in [0.717, 1.165) is 0 Å². The standard InChI is InChI=1S/C17H20N2O/c1-17(2,3)13-10-8-12(9-11-13)16(20)19-15-7-5-4-6-14(15)18/h4-11H,18H2,1-3H3,(H,19,20). The number of benzene rings is 2. The lowest BCUT2D eigenvalue weighted by Crippen LogP contribution is -2.15. The molecule has 104 valence electrons. The van der Waals surface area contributed by atoms with E-state index >= 15 is 0 Å². The van der Waals surface area contributed by atoms with Crippen molar-refractivity contribution in [1.82, 2.24) is 0 Å². The molecule has 0 spiro atoms. The van der Waals surface area contributed by atoms with E-state index in [9.17, 15) is 4.79 Å². The van der Waals surface area contributed by atoms with Crippen LogP contribution in [0.25, 0.3) is 0 Å². The summed E-state index contributed by atoms with van der Waals surface area (Å²) in [6, 6.07) is 14.9. The van der Waals surface area contributed by atoms with Gasteiger partial charge in [-0.2, -0.15) is 0 Å². The van der Waals surface area contributed by atoms with Crippen LogP contribution in [-0.2, 0) is 5.41 Å². The largest absolute Gasteiger partial charge is 0.397 e. The van der Waals surface area contributed by atoms with Crippen LogP contribution in [0.5, 0.6) is 0 Å². The van der Waals surface area contributed by atoms with E-state index in [1.165, 1.54) is 5.56 Å². The summed E-state index contributed by atoms with van der Waals surface area (Å²) < 4.78 is 0. The van der Waals surface area contributed by atoms with E-state index in [-0.39, 0.29) is 11.3 Å². The van der Waals surface area contributed by atoms with Crippen LogP contribution >= 0.6 is 0 Å². The number of anilines is 2. The van der Waals surface area contributed by atoms with Gasteiger partial charge in [0.05, 0.1) is 11.4 Å². The van der Waals surface area contributed by atoms with Gasteiger partial charge in [0.2, 0.25) is 0 Å². The van der Waals surface area contributed by atoms with Crippen LogP contribution in [0, 0.1) is 0 Å². The van der Waals surface area contributed by atoms with Crippen LogP contribution < -0.4 is 11.1 Å². The minimum atomic E-state index is -0.150. The Hall–Kier alpha value is -2.29. The molecule has 20 heavy (non-hydrogen) atoms. The van der Waals surface area contributed by atoms with Crippen molar-refractivity contribution in [2.75, 3.05) is 11.1 Å². The lowest BCUT2D eigenvalue weighted by molar-refractivity contribution is 0.102. The molecule has 0 aliphatic carbocycles. The summed E-state index contributed by atoms with van der Waals surface area (Å²) >= 11 is 0. The van der Waals surface area contributed by atoms with Gasteiger partial charge in [0, 0.05) is 5.56 Å². The van der Waals surface area contributed by atoms with Gasteiger partial charge in [-0.05, 0) is 35.2 Å². The Morgan fingerprint density at radius 3 is 2.15 bits per heavy atom. The van der Waals surface area contributed by atoms with E-state index in [2.05, 4.69) is 26.1 Å². The van der Waals surface area contributed by atoms with Crippen LogP contribution in [0.4, 0.5) is 11.4 Å². The number of carbonyl (C=O) groups is 1. The molecule has 0 radical (unpaired) electrons. The summed E-state index contributed by atoms with van der Waals surface area (Å²) in [6.07, 6.45) is 0. The van der Waals surface area contributed by atoms with E-state index in [1.54, 1.807) is 12.1 Å². The van der Waals surface area contributed by atoms with Crippen molar-refractivity contribution in [3.8, 4) is 0 Å². The fraction of sp³-hybridized carbons (Fsp3) is 0.235. The number of carbonyl (C=O) groups excluding carboxylic acids is 1. The van der Waals surface area contributed by atoms with Gasteiger partial charge in [0.1, 0.15) is 0 Å². The highest BCUT2D eigenvalue weighted by molar-refractivity contribution is 6.05. The predicted octanol–water partition coefficient (Wildman–Crippen LogP) is 3.82. The Kier molecular flexibility index (Phi) is 3.79. The van der Waals surface area contributed by atoms with Crippen molar-refractivity contribution >= 4 is 17.3 Å². The number of hydrogen-bond acceptors (Lipinski definition) is 2. The first-order valence-electron chi connectivity index (χ1n) is 6.64. The molecule has 0 bridgehead atoms. The number of para-hydroxylation sites is 2. The highest BCUT2D eigenvalue weighted by Gasteiger charge is 2.14. The second kappa shape index (κ2) is 5.37. The van der Waals surface area contributed by atoms with Gasteiger partial charge in [-0.3, -0.25) is 4.79 Å². The van der Waals surface area contributed by atoms with Crippen molar-refractivity contribution in [1.29, 1.82) is 0 Å². The molecule has 3 heteroatoms. The fourth-order valence-corrected chi connectivity index (χ4v) is 1.93. The Morgan fingerprint density at radius 2 is 1.60 bits per heavy atom. The minimum absolute atomic E-state index is 0.0822. The molecule has 0 atom stereocenters. The number of nitrogens with two attached hydrogens (primary N) is 1. The zero-order chi connectivity index (χ0) is 14.8. The molecule has 0 saturated carbocycles. The maximum absolute atomic E-state index is 12.2. The monoisotopic (exact) mass is 268 g/mol. The number of rotatable bonds is 2. The van der Waals surface area contributed by atoms with E-state index in [4.69, 9.17) is 5.73 Å². The lowest BCUT2D eigenvalue weighted by Gasteiger charge is -2.19. The summed E-state index contributed by atoms with van der Waals surface area (Å²) in [5, 5.41) is 2.82. The average molecular weight is 268 g/mol. The Labute approximate surface area is 119 Å². The van der Waals surface area contributed by atoms with Gasteiger partial charge < -0.3 is 11.1 Å². The summed E-state index contributed by atoms with van der Waals surface area (Å²) in [4.78, 5) is 12.2. The first kappa shape index (κ1) is 14.1. The van der Waals surface area contributed by atoms with E-state index < -0.39 is 0 Å². The van der Waals surface area contributed by atoms with Gasteiger partial charge in [-0.15, -0.1) is 0 Å². The molecule has 0 heterocycles. The lowest BCUT2D eigenvalue weighted by atomic mass is 9.87. The van der Waals surface area contributed by atoms with Crippen molar-refractivity contribution in [2.24, 2.45) is 0 Å². The van der Waals surface area contributed by atoms with Gasteiger partial charge in [-0.1, -0.05) is 45.0 Å². The van der Waals surface area contributed by atoms with Gasteiger partial charge in [-0.25, -0.2) is 0 Å². The second-order valence-corrected chi connectivity index (χ2v) is 5.87. The zero-order valence-electron chi connectivity index (χ0n) is 12.1. The zero-order valence-corrected chi connectivity index (χ0v) is 12.1. The first-order chi connectivity index (χ1) is 9.38. The van der Waals surface area contributed by atoms with E-state index in [1.807, 2.05) is 36.4 Å². The molecular weight excluding hydrogens is 248 g/mol.